The number of nitrogens with one attached hydrogen (secondary N) is 2. The smallest absolute Gasteiger partial charge is 0.191 e. The summed E-state index contributed by atoms with van der Waals surface area (Å²) in [5.41, 5.74) is 0. The molecule has 1 aliphatic heterocycles. The number of guanidine groups is 1. The Bertz CT molecular complexity index is 484. The Morgan fingerprint density at radius 1 is 1.24 bits per heavy atom. The fourth-order valence-electron chi connectivity index (χ4n) is 3.12. The van der Waals surface area contributed by atoms with Gasteiger partial charge in [-0.2, -0.15) is 0 Å². The van der Waals surface area contributed by atoms with E-state index in [2.05, 4.69) is 46.3 Å². The minimum absolute atomic E-state index is 0. The summed E-state index contributed by atoms with van der Waals surface area (Å²) >= 11 is 0. The summed E-state index contributed by atoms with van der Waals surface area (Å²) in [6.45, 7) is 10.9. The van der Waals surface area contributed by atoms with Gasteiger partial charge in [0.15, 0.2) is 5.96 Å². The van der Waals surface area contributed by atoms with Crippen LogP contribution >= 0.6 is 24.0 Å². The van der Waals surface area contributed by atoms with E-state index in [-0.39, 0.29) is 24.0 Å². The number of halogens is 1. The summed E-state index contributed by atoms with van der Waals surface area (Å²) in [4.78, 5) is 9.34. The predicted octanol–water partition coefficient (Wildman–Crippen LogP) is 1.88. The molecule has 144 valence electrons. The molecule has 1 aromatic heterocycles. The fraction of sp³-hybridized carbons (Fsp3) is 0.722. The number of aliphatic imine (C=N–C) groups is 1. The normalized spacial score (nSPS) is 18.0. The Hall–Kier alpha value is -0.800. The van der Waals surface area contributed by atoms with Crippen molar-refractivity contribution >= 4 is 29.9 Å². The molecule has 2 heterocycles. The lowest BCUT2D eigenvalue weighted by molar-refractivity contribution is 0.0900. The molecule has 2 rings (SSSR count). The first-order chi connectivity index (χ1) is 11.6. The summed E-state index contributed by atoms with van der Waals surface area (Å²) < 4.78 is 5.36. The van der Waals surface area contributed by atoms with Crippen LogP contribution < -0.4 is 10.6 Å². The Labute approximate surface area is 169 Å². The van der Waals surface area contributed by atoms with E-state index in [0.717, 1.165) is 57.4 Å². The van der Waals surface area contributed by atoms with Crippen LogP contribution in [0.1, 0.15) is 19.6 Å². The lowest BCUT2D eigenvalue weighted by Gasteiger charge is -2.40. The molecule has 1 atom stereocenters. The molecule has 0 radical (unpaired) electrons. The maximum absolute atomic E-state index is 5.36. The highest BCUT2D eigenvalue weighted by Gasteiger charge is 2.24. The van der Waals surface area contributed by atoms with E-state index in [9.17, 15) is 0 Å². The van der Waals surface area contributed by atoms with Gasteiger partial charge in [0.2, 0.25) is 0 Å². The van der Waals surface area contributed by atoms with Crippen molar-refractivity contribution < 1.29 is 4.42 Å². The van der Waals surface area contributed by atoms with Crippen molar-refractivity contribution in [3.05, 3.63) is 24.2 Å². The zero-order chi connectivity index (χ0) is 17.4. The average molecular weight is 463 g/mol. The molecule has 2 N–H and O–H groups in total. The van der Waals surface area contributed by atoms with Gasteiger partial charge in [0, 0.05) is 58.8 Å². The van der Waals surface area contributed by atoms with Crippen LogP contribution in [0.2, 0.25) is 0 Å². The minimum Gasteiger partial charge on any atom is -0.469 e. The Morgan fingerprint density at radius 3 is 2.52 bits per heavy atom. The molecule has 0 amide bonds. The Balaban J connectivity index is 0.00000312. The third-order valence-electron chi connectivity index (χ3n) is 4.72. The number of likely N-dealkylation sites (N-methyl/N-ethyl adjacent to an activating group) is 1. The van der Waals surface area contributed by atoms with Crippen LogP contribution in [0.5, 0.6) is 0 Å². The molecule has 1 unspecified atom stereocenters. The number of rotatable bonds is 7. The molecule has 1 fully saturated rings. The van der Waals surface area contributed by atoms with Crippen LogP contribution in [0.3, 0.4) is 0 Å². The third-order valence-corrected chi connectivity index (χ3v) is 4.72. The van der Waals surface area contributed by atoms with Gasteiger partial charge in [-0.05, 0) is 25.1 Å². The van der Waals surface area contributed by atoms with Gasteiger partial charge in [-0.25, -0.2) is 0 Å². The molecule has 0 aliphatic carbocycles. The molecule has 1 aliphatic rings. The lowest BCUT2D eigenvalue weighted by atomic mass is 10.0. The summed E-state index contributed by atoms with van der Waals surface area (Å²) in [5, 5.41) is 6.86. The minimum atomic E-state index is 0. The van der Waals surface area contributed by atoms with Crippen LogP contribution in [0.15, 0.2) is 27.8 Å². The highest BCUT2D eigenvalue weighted by Crippen LogP contribution is 2.12. The molecule has 6 nitrogen and oxygen atoms in total. The SMILES string of the molecule is CN=C(NCCc1ccco1)NCC(C(C)C)N1CCN(C)CC1.I. The number of furan rings is 1. The average Bonchev–Trinajstić information content (AvgIpc) is 3.08. The van der Waals surface area contributed by atoms with Gasteiger partial charge in [0.25, 0.3) is 0 Å². The van der Waals surface area contributed by atoms with Gasteiger partial charge < -0.3 is 20.0 Å². The van der Waals surface area contributed by atoms with Gasteiger partial charge in [0.05, 0.1) is 6.26 Å². The van der Waals surface area contributed by atoms with Crippen molar-refractivity contribution in [1.82, 2.24) is 20.4 Å². The van der Waals surface area contributed by atoms with Crippen molar-refractivity contribution in [2.75, 3.05) is 53.4 Å². The molecular formula is C18H34IN5O. The fourth-order valence-corrected chi connectivity index (χ4v) is 3.12. The van der Waals surface area contributed by atoms with Crippen molar-refractivity contribution in [3.63, 3.8) is 0 Å². The largest absolute Gasteiger partial charge is 0.469 e. The van der Waals surface area contributed by atoms with E-state index < -0.39 is 0 Å². The highest BCUT2D eigenvalue weighted by atomic mass is 127. The van der Waals surface area contributed by atoms with Gasteiger partial charge in [0.1, 0.15) is 5.76 Å². The van der Waals surface area contributed by atoms with E-state index in [1.807, 2.05) is 19.2 Å². The van der Waals surface area contributed by atoms with Crippen LogP contribution in [-0.2, 0) is 6.42 Å². The molecule has 0 spiro atoms. The van der Waals surface area contributed by atoms with E-state index in [1.54, 1.807) is 6.26 Å². The summed E-state index contributed by atoms with van der Waals surface area (Å²) in [6, 6.07) is 4.45. The molecule has 0 aromatic carbocycles. The maximum atomic E-state index is 5.36. The summed E-state index contributed by atoms with van der Waals surface area (Å²) in [5.74, 6) is 2.47. The number of hydrogen-bond donors (Lipinski definition) is 2. The highest BCUT2D eigenvalue weighted by molar-refractivity contribution is 14.0. The van der Waals surface area contributed by atoms with E-state index in [0.29, 0.717) is 12.0 Å². The first-order valence-corrected chi connectivity index (χ1v) is 8.99. The Kier molecular flexibility index (Phi) is 10.4. The lowest BCUT2D eigenvalue weighted by Crippen LogP contribution is -2.55. The van der Waals surface area contributed by atoms with Crippen LogP contribution in [0, 0.1) is 5.92 Å². The second-order valence-corrected chi connectivity index (χ2v) is 6.86. The monoisotopic (exact) mass is 463 g/mol. The Morgan fingerprint density at radius 2 is 1.96 bits per heavy atom. The summed E-state index contributed by atoms with van der Waals surface area (Å²) in [7, 11) is 4.02. The van der Waals surface area contributed by atoms with E-state index in [1.165, 1.54) is 0 Å². The second kappa shape index (κ2) is 11.7. The molecule has 1 aromatic rings. The van der Waals surface area contributed by atoms with Crippen LogP contribution in [0.25, 0.3) is 0 Å². The number of nitrogens with zero attached hydrogens (tertiary/aromatic N) is 3. The van der Waals surface area contributed by atoms with Crippen molar-refractivity contribution in [2.45, 2.75) is 26.3 Å². The number of piperazine rings is 1. The molecule has 1 saturated heterocycles. The van der Waals surface area contributed by atoms with Gasteiger partial charge >= 0.3 is 0 Å². The zero-order valence-corrected chi connectivity index (χ0v) is 18.3. The van der Waals surface area contributed by atoms with Crippen LogP contribution in [0.4, 0.5) is 0 Å². The first kappa shape index (κ1) is 22.2. The van der Waals surface area contributed by atoms with Crippen molar-refractivity contribution in [2.24, 2.45) is 10.9 Å². The van der Waals surface area contributed by atoms with Gasteiger partial charge in [-0.1, -0.05) is 13.8 Å². The van der Waals surface area contributed by atoms with Crippen molar-refractivity contribution in [3.8, 4) is 0 Å². The summed E-state index contributed by atoms with van der Waals surface area (Å²) in [6.07, 6.45) is 2.57. The maximum Gasteiger partial charge on any atom is 0.191 e. The molecule has 25 heavy (non-hydrogen) atoms. The standard InChI is InChI=1S/C18H33N5O.HI/c1-15(2)17(23-11-9-22(4)10-12-23)14-21-18(19-3)20-8-7-16-6-5-13-24-16;/h5-6,13,15,17H,7-12,14H2,1-4H3,(H2,19,20,21);1H. The first-order valence-electron chi connectivity index (χ1n) is 8.99. The molecule has 0 bridgehead atoms. The van der Waals surface area contributed by atoms with E-state index >= 15 is 0 Å². The van der Waals surface area contributed by atoms with Gasteiger partial charge in [-0.3, -0.25) is 9.89 Å². The van der Waals surface area contributed by atoms with Crippen LogP contribution in [-0.4, -0.2) is 75.2 Å². The molecule has 0 saturated carbocycles. The van der Waals surface area contributed by atoms with Crippen molar-refractivity contribution in [1.29, 1.82) is 0 Å². The topological polar surface area (TPSA) is 56.0 Å². The van der Waals surface area contributed by atoms with Gasteiger partial charge in [-0.15, -0.1) is 24.0 Å². The molecule has 7 heteroatoms. The molecular weight excluding hydrogens is 429 g/mol. The van der Waals surface area contributed by atoms with E-state index in [4.69, 9.17) is 4.42 Å². The zero-order valence-electron chi connectivity index (χ0n) is 16.0. The predicted molar refractivity (Wildman–Crippen MR) is 115 cm³/mol. The third kappa shape index (κ3) is 7.53. The second-order valence-electron chi connectivity index (χ2n) is 6.86. The number of hydrogen-bond acceptors (Lipinski definition) is 4. The quantitative estimate of drug-likeness (QED) is 0.368.